The van der Waals surface area contributed by atoms with Crippen LogP contribution in [0.3, 0.4) is 0 Å². The van der Waals surface area contributed by atoms with Gasteiger partial charge in [0.25, 0.3) is 0 Å². The Morgan fingerprint density at radius 1 is 1.19 bits per heavy atom. The van der Waals surface area contributed by atoms with Crippen molar-refractivity contribution in [1.82, 2.24) is 5.32 Å². The second kappa shape index (κ2) is 7.73. The number of methoxy groups -OCH3 is 3. The Bertz CT molecular complexity index is 489. The third-order valence-electron chi connectivity index (χ3n) is 3.36. The molecule has 0 fully saturated rings. The Hall–Kier alpha value is -1.95. The van der Waals surface area contributed by atoms with Crippen LogP contribution in [0.2, 0.25) is 0 Å². The molecule has 6 nitrogen and oxygen atoms in total. The number of hydrogen-bond acceptors (Lipinski definition) is 5. The van der Waals surface area contributed by atoms with E-state index in [1.165, 1.54) is 21.3 Å². The molecule has 0 saturated carbocycles. The third-order valence-corrected chi connectivity index (χ3v) is 3.36. The molecule has 1 aromatic carbocycles. The van der Waals surface area contributed by atoms with Crippen LogP contribution in [0.4, 0.5) is 0 Å². The first kappa shape index (κ1) is 17.1. The monoisotopic (exact) mass is 297 g/mol. The van der Waals surface area contributed by atoms with Crippen molar-refractivity contribution in [3.8, 4) is 17.2 Å². The van der Waals surface area contributed by atoms with Gasteiger partial charge >= 0.3 is 5.97 Å². The summed E-state index contributed by atoms with van der Waals surface area (Å²) in [7, 11) is 4.48. The molecule has 118 valence electrons. The van der Waals surface area contributed by atoms with E-state index in [1.54, 1.807) is 12.1 Å². The summed E-state index contributed by atoms with van der Waals surface area (Å²) in [4.78, 5) is 11.6. The molecule has 0 amide bonds. The van der Waals surface area contributed by atoms with Gasteiger partial charge in [0.05, 0.1) is 21.3 Å². The molecule has 0 radical (unpaired) electrons. The van der Waals surface area contributed by atoms with Crippen molar-refractivity contribution in [2.45, 2.75) is 32.4 Å². The molecule has 0 aromatic heterocycles. The lowest BCUT2D eigenvalue weighted by Crippen LogP contribution is -2.35. The van der Waals surface area contributed by atoms with Crippen molar-refractivity contribution < 1.29 is 24.1 Å². The van der Waals surface area contributed by atoms with Crippen molar-refractivity contribution in [1.29, 1.82) is 0 Å². The van der Waals surface area contributed by atoms with E-state index in [-0.39, 0.29) is 6.04 Å². The van der Waals surface area contributed by atoms with Gasteiger partial charge in [-0.1, -0.05) is 6.92 Å². The van der Waals surface area contributed by atoms with Crippen LogP contribution in [-0.4, -0.2) is 38.4 Å². The lowest BCUT2D eigenvalue weighted by atomic mass is 10.0. The summed E-state index contributed by atoms with van der Waals surface area (Å²) in [5.74, 6) is 0.265. The average Bonchev–Trinajstić information content (AvgIpc) is 2.50. The van der Waals surface area contributed by atoms with Gasteiger partial charge < -0.3 is 19.3 Å². The van der Waals surface area contributed by atoms with E-state index in [0.717, 1.165) is 6.42 Å². The smallest absolute Gasteiger partial charge is 0.325 e. The van der Waals surface area contributed by atoms with Gasteiger partial charge in [0.2, 0.25) is 5.75 Å². The molecule has 0 spiro atoms. The van der Waals surface area contributed by atoms with Gasteiger partial charge in [-0.2, -0.15) is 0 Å². The molecular weight excluding hydrogens is 274 g/mol. The van der Waals surface area contributed by atoms with Crippen LogP contribution < -0.4 is 19.5 Å². The van der Waals surface area contributed by atoms with E-state index in [4.69, 9.17) is 14.2 Å². The molecule has 2 unspecified atom stereocenters. The number of nitrogens with one attached hydrogen (secondary N) is 1. The summed E-state index contributed by atoms with van der Waals surface area (Å²) in [5, 5.41) is 12.6. The molecule has 2 N–H and O–H groups in total. The van der Waals surface area contributed by atoms with E-state index in [1.807, 2.05) is 13.8 Å². The number of carbonyl (C=O) groups is 1. The fourth-order valence-electron chi connectivity index (χ4n) is 2.05. The van der Waals surface area contributed by atoms with Gasteiger partial charge in [0.15, 0.2) is 11.5 Å². The summed E-state index contributed by atoms with van der Waals surface area (Å²) in [6.07, 6.45) is 0.819. The summed E-state index contributed by atoms with van der Waals surface area (Å²) < 4.78 is 15.8. The highest BCUT2D eigenvalue weighted by Gasteiger charge is 2.28. The molecule has 21 heavy (non-hydrogen) atoms. The Kier molecular flexibility index (Phi) is 6.30. The highest BCUT2D eigenvalue weighted by molar-refractivity contribution is 5.78. The Morgan fingerprint density at radius 2 is 1.81 bits per heavy atom. The molecule has 1 aromatic rings. The molecule has 1 rings (SSSR count). The van der Waals surface area contributed by atoms with Crippen LogP contribution in [0.25, 0.3) is 0 Å². The van der Waals surface area contributed by atoms with E-state index in [9.17, 15) is 9.90 Å². The molecule has 0 heterocycles. The maximum absolute atomic E-state index is 11.6. The lowest BCUT2D eigenvalue weighted by molar-refractivity contribution is -0.139. The van der Waals surface area contributed by atoms with E-state index in [2.05, 4.69) is 5.32 Å². The molecule has 2 atom stereocenters. The molecule has 6 heteroatoms. The topological polar surface area (TPSA) is 77.0 Å². The fourth-order valence-corrected chi connectivity index (χ4v) is 2.05. The summed E-state index contributed by atoms with van der Waals surface area (Å²) >= 11 is 0. The minimum absolute atomic E-state index is 0.0592. The Balaban J connectivity index is 3.34. The van der Waals surface area contributed by atoms with Crippen molar-refractivity contribution in [3.05, 3.63) is 17.7 Å². The van der Waals surface area contributed by atoms with Gasteiger partial charge in [-0.05, 0) is 25.5 Å². The number of rotatable bonds is 8. The maximum atomic E-state index is 11.6. The molecular formula is C15H23NO5. The maximum Gasteiger partial charge on any atom is 0.325 e. The standard InChI is InChI=1S/C15H23NO5/c1-6-9(2)16-12(15(17)18)10-7-8-11(19-3)14(21-5)13(10)20-4/h7-9,12,16H,6H2,1-5H3,(H,17,18). The molecule has 0 aliphatic carbocycles. The number of benzene rings is 1. The number of aliphatic carboxylic acids is 1. The highest BCUT2D eigenvalue weighted by atomic mass is 16.5. The summed E-state index contributed by atoms with van der Waals surface area (Å²) in [6.45, 7) is 3.92. The van der Waals surface area contributed by atoms with Crippen LogP contribution in [0.1, 0.15) is 31.9 Å². The molecule has 0 aliphatic heterocycles. The van der Waals surface area contributed by atoms with Crippen LogP contribution in [-0.2, 0) is 4.79 Å². The summed E-state index contributed by atoms with van der Waals surface area (Å²) in [6, 6.07) is 2.53. The molecule has 0 saturated heterocycles. The quantitative estimate of drug-likeness (QED) is 0.766. The minimum atomic E-state index is -0.971. The summed E-state index contributed by atoms with van der Waals surface area (Å²) in [5.41, 5.74) is 0.503. The predicted molar refractivity (Wildman–Crippen MR) is 79.4 cm³/mol. The van der Waals surface area contributed by atoms with Crippen LogP contribution >= 0.6 is 0 Å². The first-order chi connectivity index (χ1) is 9.99. The zero-order chi connectivity index (χ0) is 16.0. The van der Waals surface area contributed by atoms with Crippen molar-refractivity contribution in [3.63, 3.8) is 0 Å². The van der Waals surface area contributed by atoms with E-state index >= 15 is 0 Å². The van der Waals surface area contributed by atoms with Crippen LogP contribution in [0.15, 0.2) is 12.1 Å². The molecule has 0 aliphatic rings. The second-order valence-corrected chi connectivity index (χ2v) is 4.67. The predicted octanol–water partition coefficient (Wildman–Crippen LogP) is 2.23. The Labute approximate surface area is 125 Å². The number of carboxylic acid groups (broad SMARTS) is 1. The van der Waals surface area contributed by atoms with Crippen molar-refractivity contribution in [2.24, 2.45) is 0 Å². The van der Waals surface area contributed by atoms with Gasteiger partial charge in [-0.15, -0.1) is 0 Å². The normalized spacial score (nSPS) is 13.4. The minimum Gasteiger partial charge on any atom is -0.493 e. The largest absolute Gasteiger partial charge is 0.493 e. The second-order valence-electron chi connectivity index (χ2n) is 4.67. The SMILES string of the molecule is CCC(C)NC(C(=O)O)c1ccc(OC)c(OC)c1OC. The Morgan fingerprint density at radius 3 is 2.24 bits per heavy atom. The van der Waals surface area contributed by atoms with Crippen LogP contribution in [0, 0.1) is 0 Å². The van der Waals surface area contributed by atoms with Gasteiger partial charge in [0.1, 0.15) is 6.04 Å². The zero-order valence-corrected chi connectivity index (χ0v) is 13.1. The number of hydrogen-bond donors (Lipinski definition) is 2. The average molecular weight is 297 g/mol. The zero-order valence-electron chi connectivity index (χ0n) is 13.1. The van der Waals surface area contributed by atoms with E-state index < -0.39 is 12.0 Å². The van der Waals surface area contributed by atoms with Crippen LogP contribution in [0.5, 0.6) is 17.2 Å². The van der Waals surface area contributed by atoms with Gasteiger partial charge in [-0.25, -0.2) is 0 Å². The van der Waals surface area contributed by atoms with Gasteiger partial charge in [-0.3, -0.25) is 10.1 Å². The van der Waals surface area contributed by atoms with E-state index in [0.29, 0.717) is 22.8 Å². The third kappa shape index (κ3) is 3.78. The lowest BCUT2D eigenvalue weighted by Gasteiger charge is -2.23. The van der Waals surface area contributed by atoms with Crippen molar-refractivity contribution in [2.75, 3.05) is 21.3 Å². The number of ether oxygens (including phenoxy) is 3. The number of carboxylic acids is 1. The molecule has 0 bridgehead atoms. The van der Waals surface area contributed by atoms with Crippen molar-refractivity contribution >= 4 is 5.97 Å². The van der Waals surface area contributed by atoms with Gasteiger partial charge in [0, 0.05) is 11.6 Å². The fraction of sp³-hybridized carbons (Fsp3) is 0.533. The first-order valence-electron chi connectivity index (χ1n) is 6.77. The highest BCUT2D eigenvalue weighted by Crippen LogP contribution is 2.42. The first-order valence-corrected chi connectivity index (χ1v) is 6.77.